The fourth-order valence-corrected chi connectivity index (χ4v) is 5.06. The largest absolute Gasteiger partial charge is 0.348 e. The molecule has 6 heteroatoms. The summed E-state index contributed by atoms with van der Waals surface area (Å²) in [7, 11) is -3.93. The normalized spacial score (nSPS) is 12.2. The van der Waals surface area contributed by atoms with Gasteiger partial charge < -0.3 is 5.32 Å². The maximum absolute atomic E-state index is 13.5. The van der Waals surface area contributed by atoms with Gasteiger partial charge in [0, 0.05) is 0 Å². The molecule has 0 aliphatic carbocycles. The molecule has 1 amide bonds. The lowest BCUT2D eigenvalue weighted by Crippen LogP contribution is -2.42. The zero-order chi connectivity index (χ0) is 23.3. The highest BCUT2D eigenvalue weighted by atomic mass is 32.2. The summed E-state index contributed by atoms with van der Waals surface area (Å²) in [6, 6.07) is 21.7. The minimum atomic E-state index is -3.93. The van der Waals surface area contributed by atoms with Crippen LogP contribution in [0.25, 0.3) is 0 Å². The van der Waals surface area contributed by atoms with Gasteiger partial charge in [0.1, 0.15) is 6.54 Å². The summed E-state index contributed by atoms with van der Waals surface area (Å²) in [6.45, 7) is 7.45. The zero-order valence-electron chi connectivity index (χ0n) is 19.0. The summed E-state index contributed by atoms with van der Waals surface area (Å²) in [5.74, 6) is -0.351. The van der Waals surface area contributed by atoms with Crippen LogP contribution in [-0.2, 0) is 14.8 Å². The molecule has 1 atom stereocenters. The molecule has 0 heterocycles. The summed E-state index contributed by atoms with van der Waals surface area (Å²) in [5.41, 5.74) is 4.38. The highest BCUT2D eigenvalue weighted by molar-refractivity contribution is 7.92. The summed E-state index contributed by atoms with van der Waals surface area (Å²) >= 11 is 0. The van der Waals surface area contributed by atoms with Gasteiger partial charge in [0.15, 0.2) is 0 Å². The first-order valence-electron chi connectivity index (χ1n) is 10.7. The Hall–Kier alpha value is -3.12. The number of anilines is 1. The van der Waals surface area contributed by atoms with Crippen LogP contribution >= 0.6 is 0 Å². The molecule has 0 aliphatic heterocycles. The molecule has 32 heavy (non-hydrogen) atoms. The van der Waals surface area contributed by atoms with Crippen molar-refractivity contribution >= 4 is 21.6 Å². The number of nitrogens with one attached hydrogen (secondary N) is 1. The number of carbonyl (C=O) groups excluding carboxylic acids is 1. The Balaban J connectivity index is 1.92. The van der Waals surface area contributed by atoms with Crippen molar-refractivity contribution in [3.63, 3.8) is 0 Å². The van der Waals surface area contributed by atoms with Crippen molar-refractivity contribution in [2.24, 2.45) is 0 Å². The van der Waals surface area contributed by atoms with Crippen molar-refractivity contribution in [1.29, 1.82) is 0 Å². The Morgan fingerprint density at radius 3 is 2.00 bits per heavy atom. The fraction of sp³-hybridized carbons (Fsp3) is 0.269. The van der Waals surface area contributed by atoms with E-state index in [1.54, 1.807) is 36.4 Å². The predicted octanol–water partition coefficient (Wildman–Crippen LogP) is 5.07. The topological polar surface area (TPSA) is 66.5 Å². The molecule has 1 N–H and O–H groups in total. The Bertz CT molecular complexity index is 1170. The Labute approximate surface area is 191 Å². The van der Waals surface area contributed by atoms with E-state index in [9.17, 15) is 13.2 Å². The zero-order valence-corrected chi connectivity index (χ0v) is 19.8. The minimum absolute atomic E-state index is 0.157. The van der Waals surface area contributed by atoms with E-state index in [0.717, 1.165) is 22.3 Å². The number of carbonyl (C=O) groups is 1. The number of nitrogens with zero attached hydrogens (tertiary/aromatic N) is 1. The second-order valence-corrected chi connectivity index (χ2v) is 9.91. The van der Waals surface area contributed by atoms with Crippen LogP contribution in [0.5, 0.6) is 0 Å². The number of para-hydroxylation sites is 1. The number of hydrogen-bond donors (Lipinski definition) is 1. The van der Waals surface area contributed by atoms with E-state index in [-0.39, 0.29) is 23.4 Å². The van der Waals surface area contributed by atoms with E-state index >= 15 is 0 Å². The van der Waals surface area contributed by atoms with Crippen LogP contribution in [0.15, 0.2) is 77.7 Å². The molecule has 0 aliphatic rings. The Morgan fingerprint density at radius 1 is 0.875 bits per heavy atom. The molecule has 3 aromatic rings. The van der Waals surface area contributed by atoms with Gasteiger partial charge in [-0.15, -0.1) is 0 Å². The van der Waals surface area contributed by atoms with Crippen LogP contribution in [0, 0.1) is 20.8 Å². The number of amides is 1. The fourth-order valence-electron chi connectivity index (χ4n) is 3.57. The van der Waals surface area contributed by atoms with Crippen molar-refractivity contribution in [1.82, 2.24) is 5.32 Å². The van der Waals surface area contributed by atoms with Gasteiger partial charge in [0.05, 0.1) is 16.6 Å². The first kappa shape index (κ1) is 23.5. The van der Waals surface area contributed by atoms with Crippen molar-refractivity contribution in [3.8, 4) is 0 Å². The van der Waals surface area contributed by atoms with Crippen LogP contribution in [0.4, 0.5) is 5.69 Å². The van der Waals surface area contributed by atoms with E-state index in [1.807, 2.05) is 64.1 Å². The predicted molar refractivity (Wildman–Crippen MR) is 129 cm³/mol. The number of hydrogen-bond acceptors (Lipinski definition) is 3. The van der Waals surface area contributed by atoms with Crippen LogP contribution in [0.1, 0.15) is 41.6 Å². The molecule has 0 saturated carbocycles. The van der Waals surface area contributed by atoms with E-state index < -0.39 is 10.0 Å². The van der Waals surface area contributed by atoms with Crippen molar-refractivity contribution in [3.05, 3.63) is 95.1 Å². The lowest BCUT2D eigenvalue weighted by atomic mass is 10.0. The lowest BCUT2D eigenvalue weighted by Gasteiger charge is -2.27. The number of benzene rings is 3. The van der Waals surface area contributed by atoms with Crippen molar-refractivity contribution in [2.75, 3.05) is 10.8 Å². The second-order valence-electron chi connectivity index (χ2n) is 8.05. The lowest BCUT2D eigenvalue weighted by molar-refractivity contribution is -0.120. The summed E-state index contributed by atoms with van der Waals surface area (Å²) < 4.78 is 28.3. The van der Waals surface area contributed by atoms with E-state index in [0.29, 0.717) is 12.1 Å². The smallest absolute Gasteiger partial charge is 0.264 e. The highest BCUT2D eigenvalue weighted by Crippen LogP contribution is 2.27. The molecule has 0 aromatic heterocycles. The van der Waals surface area contributed by atoms with Crippen LogP contribution in [-0.4, -0.2) is 20.9 Å². The quantitative estimate of drug-likeness (QED) is 0.521. The molecule has 0 bridgehead atoms. The molecular weight excluding hydrogens is 420 g/mol. The average molecular weight is 451 g/mol. The highest BCUT2D eigenvalue weighted by Gasteiger charge is 2.28. The molecule has 0 saturated heterocycles. The Morgan fingerprint density at radius 2 is 1.44 bits per heavy atom. The van der Waals surface area contributed by atoms with E-state index in [2.05, 4.69) is 5.32 Å². The molecule has 0 spiro atoms. The molecule has 3 rings (SSSR count). The monoisotopic (exact) mass is 450 g/mol. The molecule has 0 unspecified atom stereocenters. The van der Waals surface area contributed by atoms with Crippen LogP contribution in [0.3, 0.4) is 0 Å². The maximum Gasteiger partial charge on any atom is 0.264 e. The third-order valence-electron chi connectivity index (χ3n) is 5.50. The molecule has 3 aromatic carbocycles. The van der Waals surface area contributed by atoms with E-state index in [4.69, 9.17) is 0 Å². The molecule has 5 nitrogen and oxygen atoms in total. The Kier molecular flexibility index (Phi) is 7.36. The van der Waals surface area contributed by atoms with Crippen LogP contribution < -0.4 is 9.62 Å². The van der Waals surface area contributed by atoms with Gasteiger partial charge >= 0.3 is 0 Å². The summed E-state index contributed by atoms with van der Waals surface area (Å²) in [4.78, 5) is 13.2. The summed E-state index contributed by atoms with van der Waals surface area (Å²) in [6.07, 6.45) is 0.698. The maximum atomic E-state index is 13.5. The third kappa shape index (κ3) is 5.37. The van der Waals surface area contributed by atoms with Gasteiger partial charge in [0.25, 0.3) is 10.0 Å². The third-order valence-corrected chi connectivity index (χ3v) is 7.28. The van der Waals surface area contributed by atoms with Crippen molar-refractivity contribution in [2.45, 2.75) is 45.1 Å². The standard InChI is InChI=1S/C26H30N2O3S/c1-5-24(22-14-10-19(2)11-15-22)27-26(29)18-28(25-9-7-6-8-21(25)4)32(30,31)23-16-12-20(3)13-17-23/h6-17,24H,5,18H2,1-4H3,(H,27,29)/t24-/m1/s1. The summed E-state index contributed by atoms with van der Waals surface area (Å²) in [5, 5.41) is 3.01. The molecule has 0 fully saturated rings. The van der Waals surface area contributed by atoms with Gasteiger partial charge in [-0.05, 0) is 56.5 Å². The van der Waals surface area contributed by atoms with E-state index in [1.165, 1.54) is 4.31 Å². The first-order chi connectivity index (χ1) is 15.2. The number of aryl methyl sites for hydroxylation is 3. The minimum Gasteiger partial charge on any atom is -0.348 e. The number of rotatable bonds is 8. The van der Waals surface area contributed by atoms with Gasteiger partial charge in [-0.25, -0.2) is 8.42 Å². The van der Waals surface area contributed by atoms with Gasteiger partial charge in [-0.2, -0.15) is 0 Å². The van der Waals surface area contributed by atoms with Gasteiger partial charge in [-0.1, -0.05) is 72.6 Å². The van der Waals surface area contributed by atoms with Gasteiger partial charge in [-0.3, -0.25) is 9.10 Å². The van der Waals surface area contributed by atoms with Crippen LogP contribution in [0.2, 0.25) is 0 Å². The van der Waals surface area contributed by atoms with Gasteiger partial charge in [0.2, 0.25) is 5.91 Å². The second kappa shape index (κ2) is 10.0. The average Bonchev–Trinajstić information content (AvgIpc) is 2.77. The molecule has 168 valence electrons. The number of sulfonamides is 1. The molecular formula is C26H30N2O3S. The molecule has 0 radical (unpaired) electrons. The SMILES string of the molecule is CC[C@@H](NC(=O)CN(c1ccccc1C)S(=O)(=O)c1ccc(C)cc1)c1ccc(C)cc1. The first-order valence-corrected chi connectivity index (χ1v) is 12.2. The van der Waals surface area contributed by atoms with Crippen molar-refractivity contribution < 1.29 is 13.2 Å².